The van der Waals surface area contributed by atoms with E-state index in [9.17, 15) is 4.79 Å². The molecule has 1 amide bonds. The van der Waals surface area contributed by atoms with E-state index in [0.717, 1.165) is 29.9 Å². The summed E-state index contributed by atoms with van der Waals surface area (Å²) in [7, 11) is 1.86. The summed E-state index contributed by atoms with van der Waals surface area (Å²) in [6.07, 6.45) is 4.69. The van der Waals surface area contributed by atoms with Crippen molar-refractivity contribution in [2.24, 2.45) is 7.05 Å². The van der Waals surface area contributed by atoms with Crippen LogP contribution in [-0.2, 0) is 7.05 Å². The molecule has 0 fully saturated rings. The van der Waals surface area contributed by atoms with Gasteiger partial charge in [0.1, 0.15) is 0 Å². The predicted molar refractivity (Wildman–Crippen MR) is 69.2 cm³/mol. The van der Waals surface area contributed by atoms with Crippen LogP contribution in [0.2, 0.25) is 0 Å². The Labute approximate surface area is 103 Å². The van der Waals surface area contributed by atoms with Crippen molar-refractivity contribution < 1.29 is 4.79 Å². The Morgan fingerprint density at radius 2 is 2.00 bits per heavy atom. The number of unbranched alkanes of at least 4 members (excludes halogenated alkanes) is 3. The van der Waals surface area contributed by atoms with Crippen molar-refractivity contribution in [2.75, 3.05) is 6.54 Å². The van der Waals surface area contributed by atoms with E-state index in [4.69, 9.17) is 0 Å². The highest BCUT2D eigenvalue weighted by atomic mass is 16.1. The van der Waals surface area contributed by atoms with Crippen LogP contribution in [0.25, 0.3) is 0 Å². The second-order valence-electron chi connectivity index (χ2n) is 4.49. The Balaban J connectivity index is 2.47. The summed E-state index contributed by atoms with van der Waals surface area (Å²) < 4.78 is 1.75. The van der Waals surface area contributed by atoms with Crippen LogP contribution in [0.3, 0.4) is 0 Å². The van der Waals surface area contributed by atoms with Gasteiger partial charge in [0.25, 0.3) is 5.91 Å². The summed E-state index contributed by atoms with van der Waals surface area (Å²) in [5.74, 6) is 0.00426. The van der Waals surface area contributed by atoms with E-state index in [1.807, 2.05) is 20.9 Å². The second kappa shape index (κ2) is 6.42. The highest BCUT2D eigenvalue weighted by Crippen LogP contribution is 2.11. The van der Waals surface area contributed by atoms with Crippen LogP contribution in [0.4, 0.5) is 0 Å². The van der Waals surface area contributed by atoms with Gasteiger partial charge >= 0.3 is 0 Å². The van der Waals surface area contributed by atoms with Crippen LogP contribution < -0.4 is 5.32 Å². The molecule has 17 heavy (non-hydrogen) atoms. The smallest absolute Gasteiger partial charge is 0.255 e. The first-order valence-corrected chi connectivity index (χ1v) is 6.36. The van der Waals surface area contributed by atoms with Crippen LogP contribution in [0.1, 0.15) is 54.4 Å². The fraction of sp³-hybridized carbons (Fsp3) is 0.692. The van der Waals surface area contributed by atoms with Gasteiger partial charge in [0.2, 0.25) is 0 Å². The molecule has 0 unspecified atom stereocenters. The van der Waals surface area contributed by atoms with E-state index in [2.05, 4.69) is 17.3 Å². The second-order valence-corrected chi connectivity index (χ2v) is 4.49. The fourth-order valence-electron chi connectivity index (χ4n) is 1.94. The van der Waals surface area contributed by atoms with Gasteiger partial charge < -0.3 is 5.32 Å². The molecule has 0 atom stereocenters. The van der Waals surface area contributed by atoms with Gasteiger partial charge in [-0.25, -0.2) is 0 Å². The molecule has 1 N–H and O–H groups in total. The topological polar surface area (TPSA) is 46.9 Å². The molecule has 4 heteroatoms. The third kappa shape index (κ3) is 3.58. The number of hydrogen-bond donors (Lipinski definition) is 1. The van der Waals surface area contributed by atoms with Gasteiger partial charge in [-0.05, 0) is 20.3 Å². The lowest BCUT2D eigenvalue weighted by atomic mass is 10.1. The monoisotopic (exact) mass is 237 g/mol. The maximum absolute atomic E-state index is 12.0. The first kappa shape index (κ1) is 13.7. The first-order chi connectivity index (χ1) is 8.07. The number of nitrogens with one attached hydrogen (secondary N) is 1. The Bertz CT molecular complexity index is 382. The van der Waals surface area contributed by atoms with Crippen molar-refractivity contribution in [1.29, 1.82) is 0 Å². The standard InChI is InChI=1S/C13H23N3O/c1-5-6-7-8-9-14-13(17)12-10(2)15-16(4)11(12)3/h5-9H2,1-4H3,(H,14,17). The minimum Gasteiger partial charge on any atom is -0.352 e. The van der Waals surface area contributed by atoms with Crippen LogP contribution >= 0.6 is 0 Å². The van der Waals surface area contributed by atoms with E-state index >= 15 is 0 Å². The molecule has 0 saturated carbocycles. The van der Waals surface area contributed by atoms with Crippen LogP contribution in [0.5, 0.6) is 0 Å². The Morgan fingerprint density at radius 1 is 1.29 bits per heavy atom. The number of aromatic nitrogens is 2. The summed E-state index contributed by atoms with van der Waals surface area (Å²) in [5.41, 5.74) is 2.45. The number of carbonyl (C=O) groups is 1. The van der Waals surface area contributed by atoms with Crippen molar-refractivity contribution in [3.63, 3.8) is 0 Å². The van der Waals surface area contributed by atoms with Gasteiger partial charge in [0, 0.05) is 19.3 Å². The molecule has 0 aromatic carbocycles. The third-order valence-electron chi connectivity index (χ3n) is 3.05. The average molecular weight is 237 g/mol. The fourth-order valence-corrected chi connectivity index (χ4v) is 1.94. The van der Waals surface area contributed by atoms with Crippen molar-refractivity contribution in [3.05, 3.63) is 17.0 Å². The quantitative estimate of drug-likeness (QED) is 0.772. The van der Waals surface area contributed by atoms with Crippen molar-refractivity contribution in [1.82, 2.24) is 15.1 Å². The van der Waals surface area contributed by atoms with Crippen LogP contribution in [0.15, 0.2) is 0 Å². The summed E-state index contributed by atoms with van der Waals surface area (Å²) >= 11 is 0. The molecule has 0 aliphatic heterocycles. The molecule has 4 nitrogen and oxygen atoms in total. The largest absolute Gasteiger partial charge is 0.352 e. The summed E-state index contributed by atoms with van der Waals surface area (Å²) in [6.45, 7) is 6.73. The normalized spacial score (nSPS) is 10.6. The zero-order valence-electron chi connectivity index (χ0n) is 11.3. The van der Waals surface area contributed by atoms with Crippen molar-refractivity contribution in [2.45, 2.75) is 46.5 Å². The lowest BCUT2D eigenvalue weighted by molar-refractivity contribution is 0.0951. The number of aryl methyl sites for hydroxylation is 2. The zero-order valence-corrected chi connectivity index (χ0v) is 11.3. The van der Waals surface area contributed by atoms with Crippen LogP contribution in [0, 0.1) is 13.8 Å². The molecular weight excluding hydrogens is 214 g/mol. The first-order valence-electron chi connectivity index (χ1n) is 6.36. The van der Waals surface area contributed by atoms with Gasteiger partial charge in [-0.1, -0.05) is 26.2 Å². The SMILES string of the molecule is CCCCCCNC(=O)c1c(C)nn(C)c1C. The maximum atomic E-state index is 12.0. The van der Waals surface area contributed by atoms with Crippen molar-refractivity contribution >= 4 is 5.91 Å². The molecule has 0 aliphatic rings. The van der Waals surface area contributed by atoms with Gasteiger partial charge in [-0.3, -0.25) is 9.48 Å². The molecule has 0 spiro atoms. The molecule has 1 heterocycles. The van der Waals surface area contributed by atoms with E-state index in [1.165, 1.54) is 19.3 Å². The van der Waals surface area contributed by atoms with Gasteiger partial charge in [0.15, 0.2) is 0 Å². The molecule has 0 aliphatic carbocycles. The number of carbonyl (C=O) groups excluding carboxylic acids is 1. The summed E-state index contributed by atoms with van der Waals surface area (Å²) in [5, 5.41) is 7.21. The molecule has 0 radical (unpaired) electrons. The molecule has 0 saturated heterocycles. The van der Waals surface area contributed by atoms with Gasteiger partial charge in [-0.15, -0.1) is 0 Å². The number of amides is 1. The zero-order chi connectivity index (χ0) is 12.8. The predicted octanol–water partition coefficient (Wildman–Crippen LogP) is 2.35. The average Bonchev–Trinajstić information content (AvgIpc) is 2.53. The molecule has 96 valence electrons. The highest BCUT2D eigenvalue weighted by Gasteiger charge is 2.16. The molecular formula is C13H23N3O. The number of nitrogens with zero attached hydrogens (tertiary/aromatic N) is 2. The minimum absolute atomic E-state index is 0.00426. The van der Waals surface area contributed by atoms with E-state index < -0.39 is 0 Å². The minimum atomic E-state index is 0.00426. The maximum Gasteiger partial charge on any atom is 0.255 e. The molecule has 1 rings (SSSR count). The van der Waals surface area contributed by atoms with E-state index in [1.54, 1.807) is 4.68 Å². The van der Waals surface area contributed by atoms with Gasteiger partial charge in [0.05, 0.1) is 11.3 Å². The third-order valence-corrected chi connectivity index (χ3v) is 3.05. The lowest BCUT2D eigenvalue weighted by Gasteiger charge is -2.05. The Hall–Kier alpha value is -1.32. The molecule has 1 aromatic rings. The van der Waals surface area contributed by atoms with E-state index in [0.29, 0.717) is 0 Å². The van der Waals surface area contributed by atoms with Crippen molar-refractivity contribution in [3.8, 4) is 0 Å². The number of hydrogen-bond acceptors (Lipinski definition) is 2. The summed E-state index contributed by atoms with van der Waals surface area (Å²) in [6, 6.07) is 0. The van der Waals surface area contributed by atoms with E-state index in [-0.39, 0.29) is 5.91 Å². The van der Waals surface area contributed by atoms with Crippen LogP contribution in [-0.4, -0.2) is 22.2 Å². The lowest BCUT2D eigenvalue weighted by Crippen LogP contribution is -2.25. The number of rotatable bonds is 6. The highest BCUT2D eigenvalue weighted by molar-refractivity contribution is 5.96. The molecule has 0 bridgehead atoms. The Morgan fingerprint density at radius 3 is 2.53 bits per heavy atom. The van der Waals surface area contributed by atoms with Gasteiger partial charge in [-0.2, -0.15) is 5.10 Å². The Kier molecular flexibility index (Phi) is 5.19. The molecule has 1 aromatic heterocycles. The summed E-state index contributed by atoms with van der Waals surface area (Å²) in [4.78, 5) is 12.0.